The first kappa shape index (κ1) is 26.8. The van der Waals surface area contributed by atoms with Crippen molar-refractivity contribution in [1.82, 2.24) is 29.1 Å². The Morgan fingerprint density at radius 2 is 1.83 bits per heavy atom. The van der Waals surface area contributed by atoms with Gasteiger partial charge in [-0.3, -0.25) is 4.57 Å². The van der Waals surface area contributed by atoms with Crippen molar-refractivity contribution in [2.75, 3.05) is 11.9 Å². The number of nitrogens with one attached hydrogen (secondary N) is 1. The molecule has 0 radical (unpaired) electrons. The van der Waals surface area contributed by atoms with Crippen LogP contribution in [0.5, 0.6) is 0 Å². The number of anilines is 1. The Labute approximate surface area is 230 Å². The molecule has 0 bridgehead atoms. The number of aromatic nitrogens is 6. The van der Waals surface area contributed by atoms with E-state index in [0.29, 0.717) is 29.2 Å². The van der Waals surface area contributed by atoms with E-state index >= 15 is 0 Å². The van der Waals surface area contributed by atoms with Crippen LogP contribution in [0.3, 0.4) is 0 Å². The highest BCUT2D eigenvalue weighted by Crippen LogP contribution is 2.32. The normalized spacial score (nSPS) is 15.9. The van der Waals surface area contributed by atoms with Crippen LogP contribution in [-0.4, -0.2) is 35.7 Å². The number of nitrogens with zero attached hydrogens (tertiary/aromatic N) is 6. The van der Waals surface area contributed by atoms with Gasteiger partial charge >= 0.3 is 6.18 Å². The molecule has 41 heavy (non-hydrogen) atoms. The third-order valence-corrected chi connectivity index (χ3v) is 6.90. The Morgan fingerprint density at radius 1 is 1.02 bits per heavy atom. The van der Waals surface area contributed by atoms with Gasteiger partial charge in [-0.2, -0.15) is 13.2 Å². The molecule has 0 spiro atoms. The smallest absolute Gasteiger partial charge is 0.364 e. The molecule has 6 rings (SSSR count). The number of hydrogen-bond acceptors (Lipinski definition) is 6. The van der Waals surface area contributed by atoms with Gasteiger partial charge in [0.1, 0.15) is 23.7 Å². The average Bonchev–Trinajstić information content (AvgIpc) is 3.56. The molecule has 8 nitrogen and oxygen atoms in total. The van der Waals surface area contributed by atoms with Crippen molar-refractivity contribution in [2.45, 2.75) is 38.2 Å². The third-order valence-electron chi connectivity index (χ3n) is 6.90. The van der Waals surface area contributed by atoms with Crippen LogP contribution in [0, 0.1) is 11.6 Å². The molecule has 1 fully saturated rings. The van der Waals surface area contributed by atoms with Crippen LogP contribution >= 0.6 is 0 Å². The van der Waals surface area contributed by atoms with E-state index in [1.807, 2.05) is 0 Å². The lowest BCUT2D eigenvalue weighted by Gasteiger charge is -2.24. The first-order valence-corrected chi connectivity index (χ1v) is 12.9. The van der Waals surface area contributed by atoms with Crippen molar-refractivity contribution in [3.8, 4) is 22.8 Å². The van der Waals surface area contributed by atoms with Crippen LogP contribution in [0.25, 0.3) is 33.9 Å². The fraction of sp³-hybridized carbons (Fsp3) is 0.286. The SMILES string of the molecule is Cn1cc(C(F)(F)F)nc1-c1ccc(CNc2nc(-c3ccc(F)cc3F)nc3c2ncn3C2CCCCO2)cc1. The number of halogens is 5. The van der Waals surface area contributed by atoms with Gasteiger partial charge in [-0.05, 0) is 37.0 Å². The molecule has 1 saturated heterocycles. The maximum Gasteiger partial charge on any atom is 0.434 e. The summed E-state index contributed by atoms with van der Waals surface area (Å²) in [5.74, 6) is -0.925. The number of benzene rings is 2. The molecule has 1 unspecified atom stereocenters. The van der Waals surface area contributed by atoms with Crippen LogP contribution in [0.1, 0.15) is 36.7 Å². The topological polar surface area (TPSA) is 82.7 Å². The van der Waals surface area contributed by atoms with Gasteiger partial charge in [0.25, 0.3) is 0 Å². The highest BCUT2D eigenvalue weighted by molar-refractivity contribution is 5.85. The van der Waals surface area contributed by atoms with Gasteiger partial charge in [0.2, 0.25) is 0 Å². The molecule has 1 aliphatic rings. The van der Waals surface area contributed by atoms with E-state index in [0.717, 1.165) is 43.2 Å². The predicted octanol–water partition coefficient (Wildman–Crippen LogP) is 6.50. The molecular formula is C28H24F5N7O. The number of alkyl halides is 3. The van der Waals surface area contributed by atoms with Crippen LogP contribution in [0.4, 0.5) is 27.8 Å². The molecule has 1 N–H and O–H groups in total. The second-order valence-corrected chi connectivity index (χ2v) is 9.77. The fourth-order valence-electron chi connectivity index (χ4n) is 4.81. The Kier molecular flexibility index (Phi) is 6.89. The number of imidazole rings is 2. The van der Waals surface area contributed by atoms with E-state index in [1.54, 1.807) is 35.2 Å². The second kappa shape index (κ2) is 10.5. The van der Waals surface area contributed by atoms with Gasteiger partial charge in [0.15, 0.2) is 28.5 Å². The zero-order chi connectivity index (χ0) is 28.7. The molecule has 1 atom stereocenters. The van der Waals surface area contributed by atoms with Crippen molar-refractivity contribution in [3.63, 3.8) is 0 Å². The summed E-state index contributed by atoms with van der Waals surface area (Å²) in [6.07, 6.45) is 0.455. The van der Waals surface area contributed by atoms with Gasteiger partial charge < -0.3 is 14.6 Å². The van der Waals surface area contributed by atoms with Crippen molar-refractivity contribution in [3.05, 3.63) is 77.9 Å². The zero-order valence-electron chi connectivity index (χ0n) is 21.8. The number of ether oxygens (including phenoxy) is 1. The fourth-order valence-corrected chi connectivity index (χ4v) is 4.81. The predicted molar refractivity (Wildman–Crippen MR) is 140 cm³/mol. The highest BCUT2D eigenvalue weighted by atomic mass is 19.4. The standard InChI is InChI=1S/C28H24F5N7O/c1-39-14-21(28(31,32)33)36-26(39)17-7-5-16(6-8-17)13-34-25-23-27(40(15-35-23)22-4-2-3-11-41-22)38-24(37-25)19-10-9-18(29)12-20(19)30/h5-10,12,14-15,22H,2-4,11,13H2,1H3,(H,34,37,38). The largest absolute Gasteiger partial charge is 0.434 e. The molecule has 0 saturated carbocycles. The number of aryl methyl sites for hydroxylation is 1. The van der Waals surface area contributed by atoms with Crippen LogP contribution in [0.2, 0.25) is 0 Å². The van der Waals surface area contributed by atoms with Crippen LogP contribution < -0.4 is 5.32 Å². The van der Waals surface area contributed by atoms with Gasteiger partial charge in [-0.15, -0.1) is 0 Å². The van der Waals surface area contributed by atoms with E-state index in [2.05, 4.69) is 25.3 Å². The molecule has 4 heterocycles. The highest BCUT2D eigenvalue weighted by Gasteiger charge is 2.34. The summed E-state index contributed by atoms with van der Waals surface area (Å²) >= 11 is 0. The Balaban J connectivity index is 1.31. The van der Waals surface area contributed by atoms with Crippen molar-refractivity contribution < 1.29 is 26.7 Å². The van der Waals surface area contributed by atoms with E-state index in [4.69, 9.17) is 4.74 Å². The summed E-state index contributed by atoms with van der Waals surface area (Å²) in [6, 6.07) is 10.1. The van der Waals surface area contributed by atoms with Crippen LogP contribution in [-0.2, 0) is 24.5 Å². The van der Waals surface area contributed by atoms with Gasteiger partial charge in [0, 0.05) is 38.0 Å². The summed E-state index contributed by atoms with van der Waals surface area (Å²) in [4.78, 5) is 17.3. The Hall–Kier alpha value is -4.39. The minimum Gasteiger partial charge on any atom is -0.364 e. The number of hydrogen-bond donors (Lipinski definition) is 1. The molecular weight excluding hydrogens is 545 g/mol. The maximum atomic E-state index is 14.7. The molecule has 0 aliphatic carbocycles. The Morgan fingerprint density at radius 3 is 2.51 bits per heavy atom. The second-order valence-electron chi connectivity index (χ2n) is 9.77. The molecule has 1 aliphatic heterocycles. The van der Waals surface area contributed by atoms with Crippen LogP contribution in [0.15, 0.2) is 55.0 Å². The number of fused-ring (bicyclic) bond motifs is 1. The van der Waals surface area contributed by atoms with Gasteiger partial charge in [-0.1, -0.05) is 24.3 Å². The third kappa shape index (κ3) is 5.36. The van der Waals surface area contributed by atoms with E-state index in [9.17, 15) is 22.0 Å². The van der Waals surface area contributed by atoms with Crippen molar-refractivity contribution in [1.29, 1.82) is 0 Å². The van der Waals surface area contributed by atoms with E-state index in [1.165, 1.54) is 17.7 Å². The molecule has 13 heteroatoms. The summed E-state index contributed by atoms with van der Waals surface area (Å²) in [6.45, 7) is 0.880. The molecule has 0 amide bonds. The summed E-state index contributed by atoms with van der Waals surface area (Å²) in [7, 11) is 1.51. The quantitative estimate of drug-likeness (QED) is 0.235. The molecule has 212 valence electrons. The van der Waals surface area contributed by atoms with Gasteiger partial charge in [-0.25, -0.2) is 28.7 Å². The van der Waals surface area contributed by atoms with Gasteiger partial charge in [0.05, 0.1) is 11.9 Å². The molecule has 5 aromatic rings. The van der Waals surface area contributed by atoms with Crippen molar-refractivity contribution >= 4 is 17.0 Å². The Bertz CT molecular complexity index is 1710. The minimum absolute atomic E-state index is 0.0336. The lowest BCUT2D eigenvalue weighted by molar-refractivity contribution is -0.140. The minimum atomic E-state index is -4.53. The molecule has 2 aromatic carbocycles. The first-order chi connectivity index (χ1) is 19.7. The first-order valence-electron chi connectivity index (χ1n) is 12.9. The maximum absolute atomic E-state index is 14.7. The lowest BCUT2D eigenvalue weighted by atomic mass is 10.1. The average molecular weight is 570 g/mol. The monoisotopic (exact) mass is 569 g/mol. The summed E-state index contributed by atoms with van der Waals surface area (Å²) < 4.78 is 76.6. The lowest BCUT2D eigenvalue weighted by Crippen LogP contribution is -2.18. The summed E-state index contributed by atoms with van der Waals surface area (Å²) in [5.41, 5.74) is 1.30. The number of rotatable bonds is 6. The van der Waals surface area contributed by atoms with Crippen molar-refractivity contribution in [2.24, 2.45) is 7.05 Å². The zero-order valence-corrected chi connectivity index (χ0v) is 21.8. The molecule has 3 aromatic heterocycles. The summed E-state index contributed by atoms with van der Waals surface area (Å²) in [5, 5.41) is 3.22. The van der Waals surface area contributed by atoms with E-state index in [-0.39, 0.29) is 30.0 Å². The van der Waals surface area contributed by atoms with E-state index < -0.39 is 23.5 Å².